The number of nitrogens with two attached hydrogens (primary N) is 1. The number of thiocarbonyl (C=S) groups is 1. The molecule has 0 bridgehead atoms. The minimum atomic E-state index is 0.602. The van der Waals surface area contributed by atoms with Gasteiger partial charge in [-0.05, 0) is 32.6 Å². The minimum Gasteiger partial charge on any atom is -0.393 e. The molecule has 0 saturated heterocycles. The molecule has 1 rings (SSSR count). The van der Waals surface area contributed by atoms with Crippen LogP contribution < -0.4 is 5.73 Å². The van der Waals surface area contributed by atoms with E-state index in [1.165, 1.54) is 25.7 Å². The van der Waals surface area contributed by atoms with Crippen molar-refractivity contribution in [2.45, 2.75) is 65.0 Å². The molecule has 1 saturated carbocycles. The lowest BCUT2D eigenvalue weighted by Gasteiger charge is -2.39. The van der Waals surface area contributed by atoms with E-state index in [0.717, 1.165) is 24.9 Å². The summed E-state index contributed by atoms with van der Waals surface area (Å²) in [4.78, 5) is 3.24. The molecule has 1 fully saturated rings. The number of hydrogen-bond donors (Lipinski definition) is 1. The Morgan fingerprint density at radius 1 is 1.44 bits per heavy atom. The number of rotatable bonds is 5. The van der Waals surface area contributed by atoms with Crippen molar-refractivity contribution in [2.24, 2.45) is 11.7 Å². The van der Waals surface area contributed by atoms with Crippen LogP contribution in [0, 0.1) is 5.92 Å². The lowest BCUT2D eigenvalue weighted by molar-refractivity contribution is 0.106. The Kier molecular flexibility index (Phi) is 5.70. The molecule has 2 unspecified atom stereocenters. The highest BCUT2D eigenvalue weighted by molar-refractivity contribution is 7.80. The summed E-state index contributed by atoms with van der Waals surface area (Å²) in [5, 5.41) is 0. The largest absolute Gasteiger partial charge is 0.393 e. The summed E-state index contributed by atoms with van der Waals surface area (Å²) in [6, 6.07) is 1.35. The van der Waals surface area contributed by atoms with Crippen molar-refractivity contribution >= 4 is 17.2 Å². The molecule has 0 amide bonds. The van der Waals surface area contributed by atoms with Crippen LogP contribution >= 0.6 is 12.2 Å². The van der Waals surface area contributed by atoms with E-state index in [2.05, 4.69) is 25.7 Å². The Hall–Kier alpha value is -0.150. The molecular formula is C13H26N2S. The number of hydrogen-bond acceptors (Lipinski definition) is 2. The molecule has 2 atom stereocenters. The van der Waals surface area contributed by atoms with Gasteiger partial charge in [-0.15, -0.1) is 0 Å². The van der Waals surface area contributed by atoms with Crippen LogP contribution in [0.3, 0.4) is 0 Å². The molecule has 0 aromatic heterocycles. The predicted octanol–water partition coefficient (Wildman–Crippen LogP) is 2.95. The van der Waals surface area contributed by atoms with Gasteiger partial charge in [0.15, 0.2) is 0 Å². The molecule has 0 heterocycles. The standard InChI is InChI=1S/C13H26N2S/c1-10(2)15(8-7-13(14)16)12-6-4-5-11(3)9-12/h10-12H,4-9H2,1-3H3,(H2,14,16). The first-order valence-corrected chi connectivity index (χ1v) is 6.95. The highest BCUT2D eigenvalue weighted by atomic mass is 32.1. The Morgan fingerprint density at radius 2 is 2.12 bits per heavy atom. The van der Waals surface area contributed by atoms with E-state index in [9.17, 15) is 0 Å². The van der Waals surface area contributed by atoms with Gasteiger partial charge in [-0.25, -0.2) is 0 Å². The second-order valence-electron chi connectivity index (χ2n) is 5.47. The Bertz CT molecular complexity index is 228. The van der Waals surface area contributed by atoms with Gasteiger partial charge in [0.05, 0.1) is 4.99 Å². The third kappa shape index (κ3) is 4.38. The van der Waals surface area contributed by atoms with Crippen molar-refractivity contribution in [3.05, 3.63) is 0 Å². The maximum Gasteiger partial charge on any atom is 0.0740 e. The summed E-state index contributed by atoms with van der Waals surface area (Å²) in [6.07, 6.45) is 6.33. The molecule has 2 N–H and O–H groups in total. The molecule has 1 aliphatic carbocycles. The summed E-state index contributed by atoms with van der Waals surface area (Å²) in [5.41, 5.74) is 5.60. The molecule has 0 aromatic rings. The third-order valence-electron chi connectivity index (χ3n) is 3.66. The second kappa shape index (κ2) is 6.55. The van der Waals surface area contributed by atoms with Crippen LogP contribution in [0.5, 0.6) is 0 Å². The summed E-state index contributed by atoms with van der Waals surface area (Å²) < 4.78 is 0. The Labute approximate surface area is 106 Å². The zero-order valence-electron chi connectivity index (χ0n) is 10.9. The van der Waals surface area contributed by atoms with Crippen LogP contribution in [0.4, 0.5) is 0 Å². The zero-order chi connectivity index (χ0) is 12.1. The van der Waals surface area contributed by atoms with Gasteiger partial charge in [0, 0.05) is 25.0 Å². The summed E-state index contributed by atoms with van der Waals surface area (Å²) in [7, 11) is 0. The van der Waals surface area contributed by atoms with Gasteiger partial charge in [-0.1, -0.05) is 32.0 Å². The molecule has 0 spiro atoms. The first-order chi connectivity index (χ1) is 7.50. The fourth-order valence-corrected chi connectivity index (χ4v) is 2.90. The average Bonchev–Trinajstić information content (AvgIpc) is 2.17. The van der Waals surface area contributed by atoms with Crippen molar-refractivity contribution in [3.63, 3.8) is 0 Å². The van der Waals surface area contributed by atoms with E-state index < -0.39 is 0 Å². The molecule has 2 nitrogen and oxygen atoms in total. The SMILES string of the molecule is CC1CCCC(N(CCC(N)=S)C(C)C)C1. The molecule has 0 radical (unpaired) electrons. The van der Waals surface area contributed by atoms with Crippen molar-refractivity contribution in [2.75, 3.05) is 6.54 Å². The molecule has 3 heteroatoms. The molecule has 94 valence electrons. The second-order valence-corrected chi connectivity index (χ2v) is 6.00. The lowest BCUT2D eigenvalue weighted by atomic mass is 9.85. The van der Waals surface area contributed by atoms with E-state index >= 15 is 0 Å². The van der Waals surface area contributed by atoms with Crippen molar-refractivity contribution < 1.29 is 0 Å². The molecule has 0 aliphatic heterocycles. The van der Waals surface area contributed by atoms with Crippen LogP contribution in [0.15, 0.2) is 0 Å². The van der Waals surface area contributed by atoms with Gasteiger partial charge in [0.1, 0.15) is 0 Å². The van der Waals surface area contributed by atoms with Crippen LogP contribution in [-0.4, -0.2) is 28.5 Å². The van der Waals surface area contributed by atoms with Gasteiger partial charge in [0.25, 0.3) is 0 Å². The monoisotopic (exact) mass is 242 g/mol. The lowest BCUT2D eigenvalue weighted by Crippen LogP contribution is -2.44. The molecule has 16 heavy (non-hydrogen) atoms. The van der Waals surface area contributed by atoms with Crippen LogP contribution in [0.2, 0.25) is 0 Å². The maximum absolute atomic E-state index is 5.60. The van der Waals surface area contributed by atoms with E-state index in [-0.39, 0.29) is 0 Å². The molecule has 0 aromatic carbocycles. The van der Waals surface area contributed by atoms with Gasteiger partial charge in [-0.3, -0.25) is 4.90 Å². The van der Waals surface area contributed by atoms with E-state index in [0.29, 0.717) is 11.0 Å². The van der Waals surface area contributed by atoms with Crippen molar-refractivity contribution in [3.8, 4) is 0 Å². The van der Waals surface area contributed by atoms with Gasteiger partial charge in [0.2, 0.25) is 0 Å². The summed E-state index contributed by atoms with van der Waals surface area (Å²) in [5.74, 6) is 0.879. The highest BCUT2D eigenvalue weighted by Crippen LogP contribution is 2.28. The Balaban J connectivity index is 2.51. The van der Waals surface area contributed by atoms with Gasteiger partial charge in [-0.2, -0.15) is 0 Å². The van der Waals surface area contributed by atoms with Crippen LogP contribution in [0.1, 0.15) is 52.9 Å². The zero-order valence-corrected chi connectivity index (χ0v) is 11.7. The van der Waals surface area contributed by atoms with E-state index in [1.807, 2.05) is 0 Å². The van der Waals surface area contributed by atoms with Crippen molar-refractivity contribution in [1.29, 1.82) is 0 Å². The average molecular weight is 242 g/mol. The summed E-state index contributed by atoms with van der Waals surface area (Å²) >= 11 is 4.98. The number of nitrogens with zero attached hydrogens (tertiary/aromatic N) is 1. The highest BCUT2D eigenvalue weighted by Gasteiger charge is 2.25. The summed E-state index contributed by atoms with van der Waals surface area (Å²) in [6.45, 7) is 7.96. The fraction of sp³-hybridized carbons (Fsp3) is 0.923. The Morgan fingerprint density at radius 3 is 2.62 bits per heavy atom. The van der Waals surface area contributed by atoms with Gasteiger partial charge >= 0.3 is 0 Å². The van der Waals surface area contributed by atoms with Crippen LogP contribution in [-0.2, 0) is 0 Å². The first-order valence-electron chi connectivity index (χ1n) is 6.54. The maximum atomic E-state index is 5.60. The normalized spacial score (nSPS) is 26.3. The quantitative estimate of drug-likeness (QED) is 0.752. The predicted molar refractivity (Wildman–Crippen MR) is 74.7 cm³/mol. The molecular weight excluding hydrogens is 216 g/mol. The smallest absolute Gasteiger partial charge is 0.0740 e. The topological polar surface area (TPSA) is 29.3 Å². The van der Waals surface area contributed by atoms with E-state index in [4.69, 9.17) is 18.0 Å². The van der Waals surface area contributed by atoms with Crippen LogP contribution in [0.25, 0.3) is 0 Å². The van der Waals surface area contributed by atoms with Crippen molar-refractivity contribution in [1.82, 2.24) is 4.90 Å². The molecule has 1 aliphatic rings. The third-order valence-corrected chi connectivity index (χ3v) is 3.86. The fourth-order valence-electron chi connectivity index (χ4n) is 2.81. The van der Waals surface area contributed by atoms with Gasteiger partial charge < -0.3 is 5.73 Å². The minimum absolute atomic E-state index is 0.602. The van der Waals surface area contributed by atoms with E-state index in [1.54, 1.807) is 0 Å². The first kappa shape index (κ1) is 13.9.